The molecule has 2 aromatic heterocycles. The van der Waals surface area contributed by atoms with E-state index in [9.17, 15) is 9.59 Å². The summed E-state index contributed by atoms with van der Waals surface area (Å²) in [5.41, 5.74) is 1.86. The van der Waals surface area contributed by atoms with E-state index in [-0.39, 0.29) is 17.1 Å². The highest BCUT2D eigenvalue weighted by molar-refractivity contribution is 9.10. The summed E-state index contributed by atoms with van der Waals surface area (Å²) >= 11 is 3.40. The van der Waals surface area contributed by atoms with Gasteiger partial charge in [0.1, 0.15) is 17.1 Å². The van der Waals surface area contributed by atoms with E-state index < -0.39 is 11.7 Å². The fraction of sp³-hybridized carbons (Fsp3) is 0.0741. The highest BCUT2D eigenvalue weighted by Crippen LogP contribution is 2.34. The Balaban J connectivity index is 1.47. The van der Waals surface area contributed by atoms with Gasteiger partial charge in [0, 0.05) is 22.6 Å². The van der Waals surface area contributed by atoms with E-state index in [1.165, 1.54) is 6.07 Å². The number of hydrogen-bond acceptors (Lipinski definition) is 7. The quantitative estimate of drug-likeness (QED) is 0.237. The molecule has 1 amide bonds. The van der Waals surface area contributed by atoms with Crippen LogP contribution >= 0.6 is 15.9 Å². The number of methoxy groups -OCH3 is 2. The Labute approximate surface area is 213 Å². The largest absolute Gasteiger partial charge is 0.497 e. The molecule has 0 atom stereocenters. The number of anilines is 1. The number of ketones is 1. The third-order valence-electron chi connectivity index (χ3n) is 5.57. The number of benzene rings is 3. The van der Waals surface area contributed by atoms with Crippen LogP contribution in [-0.2, 0) is 0 Å². The lowest BCUT2D eigenvalue weighted by Crippen LogP contribution is -2.14. The molecule has 36 heavy (non-hydrogen) atoms. The van der Waals surface area contributed by atoms with Gasteiger partial charge in [0.2, 0.25) is 5.78 Å². The number of carbonyl (C=O) groups is 2. The molecule has 0 aliphatic carbocycles. The maximum atomic E-state index is 13.4. The predicted octanol–water partition coefficient (Wildman–Crippen LogP) is 6.35. The lowest BCUT2D eigenvalue weighted by molar-refractivity contribution is 0.101. The molecule has 0 aliphatic rings. The summed E-state index contributed by atoms with van der Waals surface area (Å²) in [5, 5.41) is 7.28. The standard InChI is InChI=1S/C27H19BrN2O6/c1-33-17-10-7-15(8-11-17)23-14-20(30-36-23)27(32)29-24-18-5-3-4-6-21(18)35-26(24)25(31)16-9-12-22(34-2)19(28)13-16/h3-14H,1-2H3,(H,29,32). The van der Waals surface area contributed by atoms with Gasteiger partial charge >= 0.3 is 0 Å². The van der Waals surface area contributed by atoms with E-state index in [1.807, 2.05) is 0 Å². The zero-order valence-corrected chi connectivity index (χ0v) is 20.8. The second-order valence-electron chi connectivity index (χ2n) is 7.74. The van der Waals surface area contributed by atoms with Gasteiger partial charge in [0.15, 0.2) is 17.2 Å². The Hall–Kier alpha value is -4.37. The molecular formula is C27H19BrN2O6. The number of halogens is 1. The molecule has 0 bridgehead atoms. The third kappa shape index (κ3) is 4.36. The van der Waals surface area contributed by atoms with Crippen molar-refractivity contribution in [2.75, 3.05) is 19.5 Å². The molecule has 3 aromatic carbocycles. The molecule has 0 saturated carbocycles. The van der Waals surface area contributed by atoms with Gasteiger partial charge in [-0.05, 0) is 70.5 Å². The van der Waals surface area contributed by atoms with E-state index in [4.69, 9.17) is 18.4 Å². The summed E-state index contributed by atoms with van der Waals surface area (Å²) < 4.78 is 22.3. The van der Waals surface area contributed by atoms with Crippen LogP contribution in [0.25, 0.3) is 22.3 Å². The first kappa shape index (κ1) is 23.4. The summed E-state index contributed by atoms with van der Waals surface area (Å²) in [4.78, 5) is 26.5. The molecule has 5 aromatic rings. The molecule has 2 heterocycles. The van der Waals surface area contributed by atoms with Crippen molar-refractivity contribution in [3.8, 4) is 22.8 Å². The number of carbonyl (C=O) groups excluding carboxylic acids is 2. The predicted molar refractivity (Wildman–Crippen MR) is 137 cm³/mol. The Morgan fingerprint density at radius 3 is 2.44 bits per heavy atom. The van der Waals surface area contributed by atoms with E-state index in [2.05, 4.69) is 26.4 Å². The van der Waals surface area contributed by atoms with Gasteiger partial charge in [-0.15, -0.1) is 0 Å². The zero-order chi connectivity index (χ0) is 25.2. The number of hydrogen-bond donors (Lipinski definition) is 1. The van der Waals surface area contributed by atoms with Crippen molar-refractivity contribution in [2.24, 2.45) is 0 Å². The molecule has 8 nitrogen and oxygen atoms in total. The molecule has 1 N–H and O–H groups in total. The van der Waals surface area contributed by atoms with Crippen molar-refractivity contribution in [1.82, 2.24) is 5.16 Å². The van der Waals surface area contributed by atoms with Gasteiger partial charge in [-0.3, -0.25) is 9.59 Å². The summed E-state index contributed by atoms with van der Waals surface area (Å²) in [6.07, 6.45) is 0. The number of fused-ring (bicyclic) bond motifs is 1. The number of amides is 1. The highest BCUT2D eigenvalue weighted by atomic mass is 79.9. The Kier molecular flexibility index (Phi) is 6.30. The average Bonchev–Trinajstić information content (AvgIpc) is 3.54. The van der Waals surface area contributed by atoms with Crippen LogP contribution in [-0.4, -0.2) is 31.1 Å². The summed E-state index contributed by atoms with van der Waals surface area (Å²) in [7, 11) is 3.12. The van der Waals surface area contributed by atoms with Gasteiger partial charge in [0.05, 0.1) is 24.4 Å². The second kappa shape index (κ2) is 9.71. The fourth-order valence-corrected chi connectivity index (χ4v) is 4.26. The van der Waals surface area contributed by atoms with Crippen molar-refractivity contribution in [2.45, 2.75) is 0 Å². The van der Waals surface area contributed by atoms with Gasteiger partial charge < -0.3 is 23.7 Å². The van der Waals surface area contributed by atoms with Crippen molar-refractivity contribution in [3.63, 3.8) is 0 Å². The molecular weight excluding hydrogens is 528 g/mol. The maximum Gasteiger partial charge on any atom is 0.277 e. The summed E-state index contributed by atoms with van der Waals surface area (Å²) in [6, 6.07) is 20.7. The van der Waals surface area contributed by atoms with Gasteiger partial charge in [0.25, 0.3) is 5.91 Å². The van der Waals surface area contributed by atoms with Crippen LogP contribution in [0.4, 0.5) is 5.69 Å². The Morgan fingerprint density at radius 2 is 1.72 bits per heavy atom. The summed E-state index contributed by atoms with van der Waals surface area (Å²) in [6.45, 7) is 0. The van der Waals surface area contributed by atoms with Gasteiger partial charge in [-0.1, -0.05) is 17.3 Å². The Morgan fingerprint density at radius 1 is 0.944 bits per heavy atom. The number of aromatic nitrogens is 1. The van der Waals surface area contributed by atoms with Gasteiger partial charge in [-0.2, -0.15) is 0 Å². The van der Waals surface area contributed by atoms with E-state index in [0.717, 1.165) is 5.56 Å². The van der Waals surface area contributed by atoms with E-state index >= 15 is 0 Å². The number of rotatable bonds is 7. The molecule has 0 saturated heterocycles. The highest BCUT2D eigenvalue weighted by Gasteiger charge is 2.25. The fourth-order valence-electron chi connectivity index (χ4n) is 3.72. The van der Waals surface area contributed by atoms with Crippen molar-refractivity contribution < 1.29 is 28.0 Å². The molecule has 0 aliphatic heterocycles. The first-order valence-corrected chi connectivity index (χ1v) is 11.6. The van der Waals surface area contributed by atoms with Crippen molar-refractivity contribution >= 4 is 44.3 Å². The van der Waals surface area contributed by atoms with E-state index in [1.54, 1.807) is 80.9 Å². The average molecular weight is 547 g/mol. The van der Waals surface area contributed by atoms with Crippen LogP contribution in [0.5, 0.6) is 11.5 Å². The van der Waals surface area contributed by atoms with Crippen LogP contribution in [0.3, 0.4) is 0 Å². The SMILES string of the molecule is COc1ccc(-c2cc(C(=O)Nc3c(C(=O)c4ccc(OC)c(Br)c4)oc4ccccc34)no2)cc1. The monoisotopic (exact) mass is 546 g/mol. The molecule has 9 heteroatoms. The molecule has 0 fully saturated rings. The molecule has 0 unspecified atom stereocenters. The van der Waals surface area contributed by atoms with Crippen LogP contribution in [0.15, 0.2) is 86.2 Å². The zero-order valence-electron chi connectivity index (χ0n) is 19.2. The van der Waals surface area contributed by atoms with Gasteiger partial charge in [-0.25, -0.2) is 0 Å². The van der Waals surface area contributed by atoms with Crippen LogP contribution in [0.1, 0.15) is 26.6 Å². The number of nitrogens with one attached hydrogen (secondary N) is 1. The topological polar surface area (TPSA) is 104 Å². The molecule has 0 radical (unpaired) electrons. The summed E-state index contributed by atoms with van der Waals surface area (Å²) in [5.74, 6) is 0.756. The lowest BCUT2D eigenvalue weighted by atomic mass is 10.1. The number of nitrogens with zero attached hydrogens (tertiary/aromatic N) is 1. The number of furan rings is 1. The first-order valence-electron chi connectivity index (χ1n) is 10.8. The smallest absolute Gasteiger partial charge is 0.277 e. The van der Waals surface area contributed by atoms with E-state index in [0.29, 0.717) is 38.3 Å². The molecule has 180 valence electrons. The Bertz CT molecular complexity index is 1590. The first-order chi connectivity index (χ1) is 17.5. The minimum Gasteiger partial charge on any atom is -0.497 e. The minimum absolute atomic E-state index is 0.000453. The maximum absolute atomic E-state index is 13.4. The van der Waals surface area contributed by atoms with Crippen molar-refractivity contribution in [1.29, 1.82) is 0 Å². The molecule has 0 spiro atoms. The molecule has 5 rings (SSSR count). The number of ether oxygens (including phenoxy) is 2. The number of para-hydroxylation sites is 1. The lowest BCUT2D eigenvalue weighted by Gasteiger charge is -2.07. The van der Waals surface area contributed by atoms with Crippen LogP contribution < -0.4 is 14.8 Å². The van der Waals surface area contributed by atoms with Crippen LogP contribution in [0.2, 0.25) is 0 Å². The second-order valence-corrected chi connectivity index (χ2v) is 8.59. The normalized spacial score (nSPS) is 10.9. The minimum atomic E-state index is -0.546. The van der Waals surface area contributed by atoms with Crippen molar-refractivity contribution in [3.05, 3.63) is 94.3 Å². The van der Waals surface area contributed by atoms with Crippen LogP contribution in [0, 0.1) is 0 Å². The third-order valence-corrected chi connectivity index (χ3v) is 6.19.